The molecule has 1 aromatic heterocycles. The molecular formula is C24H23N5O5. The maximum atomic E-state index is 12.9. The van der Waals surface area contributed by atoms with Gasteiger partial charge in [-0.1, -0.05) is 24.3 Å². The number of amides is 1. The molecule has 10 heteroatoms. The number of methoxy groups -OCH3 is 2. The van der Waals surface area contributed by atoms with Crippen molar-refractivity contribution in [1.82, 2.24) is 10.3 Å². The standard InChI is InChI=1S/C24H23N5O5/c1-32-18-9-7-16(8-10-18)20-19(15-3-5-17(6-4-15)21(30)28-29-25)27-22(34-20)24(23(31)33-2)11-13-26-14-12-24/h3-10,26H,11-14H2,1-2H3. The van der Waals surface area contributed by atoms with Crippen LogP contribution in [-0.2, 0) is 14.9 Å². The van der Waals surface area contributed by atoms with E-state index >= 15 is 0 Å². The van der Waals surface area contributed by atoms with E-state index in [4.69, 9.17) is 24.4 Å². The Labute approximate surface area is 195 Å². The van der Waals surface area contributed by atoms with Gasteiger partial charge in [0.15, 0.2) is 5.76 Å². The van der Waals surface area contributed by atoms with E-state index in [1.807, 2.05) is 24.3 Å². The van der Waals surface area contributed by atoms with Crippen molar-refractivity contribution in [1.29, 1.82) is 0 Å². The lowest BCUT2D eigenvalue weighted by atomic mass is 9.78. The minimum absolute atomic E-state index is 0.251. The fourth-order valence-corrected chi connectivity index (χ4v) is 4.08. The van der Waals surface area contributed by atoms with E-state index in [-0.39, 0.29) is 11.5 Å². The molecule has 0 radical (unpaired) electrons. The average Bonchev–Trinajstić information content (AvgIpc) is 3.35. The van der Waals surface area contributed by atoms with Crippen LogP contribution >= 0.6 is 0 Å². The summed E-state index contributed by atoms with van der Waals surface area (Å²) in [6.07, 6.45) is 0.975. The van der Waals surface area contributed by atoms with Gasteiger partial charge in [0, 0.05) is 21.6 Å². The van der Waals surface area contributed by atoms with Crippen LogP contribution < -0.4 is 10.1 Å². The van der Waals surface area contributed by atoms with Crippen LogP contribution in [0.4, 0.5) is 0 Å². The van der Waals surface area contributed by atoms with Gasteiger partial charge in [0.2, 0.25) is 11.8 Å². The molecule has 1 saturated heterocycles. The molecular weight excluding hydrogens is 438 g/mol. The molecule has 1 fully saturated rings. The second-order valence-electron chi connectivity index (χ2n) is 7.82. The molecule has 3 aromatic rings. The minimum Gasteiger partial charge on any atom is -0.497 e. The molecule has 1 amide bonds. The smallest absolute Gasteiger partial charge is 0.321 e. The van der Waals surface area contributed by atoms with Gasteiger partial charge >= 0.3 is 5.97 Å². The summed E-state index contributed by atoms with van der Waals surface area (Å²) in [4.78, 5) is 32.1. The first-order valence-corrected chi connectivity index (χ1v) is 10.7. The number of esters is 1. The Morgan fingerprint density at radius 3 is 2.29 bits per heavy atom. The van der Waals surface area contributed by atoms with Gasteiger partial charge in [-0.15, -0.1) is 0 Å². The number of oxazole rings is 1. The Morgan fingerprint density at radius 1 is 1.06 bits per heavy atom. The molecule has 1 aliphatic rings. The molecule has 0 spiro atoms. The Bertz CT molecular complexity index is 1240. The molecule has 174 valence electrons. The number of nitrogens with one attached hydrogen (secondary N) is 1. The van der Waals surface area contributed by atoms with Gasteiger partial charge in [-0.05, 0) is 60.8 Å². The maximum Gasteiger partial charge on any atom is 0.321 e. The van der Waals surface area contributed by atoms with E-state index in [0.29, 0.717) is 48.7 Å². The zero-order valence-electron chi connectivity index (χ0n) is 18.8. The Hall–Kier alpha value is -4.14. The highest BCUT2D eigenvalue weighted by atomic mass is 16.5. The normalized spacial score (nSPS) is 14.6. The summed E-state index contributed by atoms with van der Waals surface area (Å²) in [6.45, 7) is 1.25. The van der Waals surface area contributed by atoms with Gasteiger partial charge in [0.05, 0.1) is 14.2 Å². The minimum atomic E-state index is -1.00. The van der Waals surface area contributed by atoms with Crippen LogP contribution in [0.3, 0.4) is 0 Å². The first kappa shape index (κ1) is 23.0. The van der Waals surface area contributed by atoms with E-state index < -0.39 is 17.3 Å². The van der Waals surface area contributed by atoms with Crippen LogP contribution in [-0.4, -0.2) is 44.2 Å². The zero-order valence-corrected chi connectivity index (χ0v) is 18.8. The molecule has 0 saturated carbocycles. The van der Waals surface area contributed by atoms with Crippen molar-refractivity contribution < 1.29 is 23.5 Å². The van der Waals surface area contributed by atoms with Crippen molar-refractivity contribution >= 4 is 11.9 Å². The van der Waals surface area contributed by atoms with Gasteiger partial charge in [-0.3, -0.25) is 9.59 Å². The number of hydrogen-bond donors (Lipinski definition) is 1. The number of ether oxygens (including phenoxy) is 2. The monoisotopic (exact) mass is 461 g/mol. The third-order valence-corrected chi connectivity index (χ3v) is 5.96. The second-order valence-corrected chi connectivity index (χ2v) is 7.82. The summed E-state index contributed by atoms with van der Waals surface area (Å²) in [5.74, 6) is 0.392. The number of aromatic nitrogens is 1. The van der Waals surface area contributed by atoms with Crippen LogP contribution in [0.25, 0.3) is 33.0 Å². The van der Waals surface area contributed by atoms with Gasteiger partial charge < -0.3 is 19.2 Å². The topological polar surface area (TPSA) is 139 Å². The molecule has 34 heavy (non-hydrogen) atoms. The third-order valence-electron chi connectivity index (χ3n) is 5.96. The maximum absolute atomic E-state index is 12.9. The van der Waals surface area contributed by atoms with Crippen molar-refractivity contribution in [3.8, 4) is 28.3 Å². The quantitative estimate of drug-likeness (QED) is 0.250. The highest BCUT2D eigenvalue weighted by molar-refractivity contribution is 5.95. The molecule has 1 N–H and O–H groups in total. The number of carbonyl (C=O) groups is 2. The van der Waals surface area contributed by atoms with Gasteiger partial charge in [-0.25, -0.2) is 4.98 Å². The number of hydrogen-bond acceptors (Lipinski definition) is 7. The summed E-state index contributed by atoms with van der Waals surface area (Å²) in [7, 11) is 2.95. The molecule has 1 aliphatic heterocycles. The second kappa shape index (κ2) is 9.78. The molecule has 0 aliphatic carbocycles. The molecule has 10 nitrogen and oxygen atoms in total. The van der Waals surface area contributed by atoms with Gasteiger partial charge in [0.25, 0.3) is 0 Å². The highest BCUT2D eigenvalue weighted by Crippen LogP contribution is 2.41. The third kappa shape index (κ3) is 4.24. The van der Waals surface area contributed by atoms with Crippen LogP contribution in [0.15, 0.2) is 58.1 Å². The van der Waals surface area contributed by atoms with E-state index in [1.165, 1.54) is 7.11 Å². The first-order chi connectivity index (χ1) is 16.5. The van der Waals surface area contributed by atoms with E-state index in [2.05, 4.69) is 15.3 Å². The number of nitrogens with zero attached hydrogens (tertiary/aromatic N) is 4. The van der Waals surface area contributed by atoms with Crippen LogP contribution in [0.1, 0.15) is 29.1 Å². The van der Waals surface area contributed by atoms with Crippen LogP contribution in [0.2, 0.25) is 0 Å². The largest absolute Gasteiger partial charge is 0.497 e. The van der Waals surface area contributed by atoms with Crippen molar-refractivity contribution in [2.45, 2.75) is 18.3 Å². The number of benzene rings is 2. The van der Waals surface area contributed by atoms with E-state index in [0.717, 1.165) is 5.56 Å². The fourth-order valence-electron chi connectivity index (χ4n) is 4.08. The lowest BCUT2D eigenvalue weighted by molar-refractivity contribution is -0.149. The summed E-state index contributed by atoms with van der Waals surface area (Å²) in [5, 5.41) is 6.38. The molecule has 0 unspecified atom stereocenters. The van der Waals surface area contributed by atoms with Crippen molar-refractivity contribution in [3.63, 3.8) is 0 Å². The van der Waals surface area contributed by atoms with Gasteiger partial charge in [-0.2, -0.15) is 0 Å². The lowest BCUT2D eigenvalue weighted by Gasteiger charge is -2.31. The molecule has 0 atom stereocenters. The molecule has 2 aromatic carbocycles. The summed E-state index contributed by atoms with van der Waals surface area (Å²) >= 11 is 0. The molecule has 0 bridgehead atoms. The molecule has 4 rings (SSSR count). The van der Waals surface area contributed by atoms with E-state index in [1.54, 1.807) is 31.4 Å². The summed E-state index contributed by atoms with van der Waals surface area (Å²) in [5.41, 5.74) is 9.70. The Morgan fingerprint density at radius 2 is 1.71 bits per heavy atom. The van der Waals surface area contributed by atoms with Crippen molar-refractivity contribution in [2.24, 2.45) is 5.11 Å². The van der Waals surface area contributed by atoms with Crippen LogP contribution in [0, 0.1) is 0 Å². The summed E-state index contributed by atoms with van der Waals surface area (Å²) in [6, 6.07) is 13.8. The first-order valence-electron chi connectivity index (χ1n) is 10.7. The average molecular weight is 461 g/mol. The van der Waals surface area contributed by atoms with Crippen LogP contribution in [0.5, 0.6) is 5.75 Å². The Balaban J connectivity index is 1.85. The number of piperidine rings is 1. The predicted molar refractivity (Wildman–Crippen MR) is 123 cm³/mol. The SMILES string of the molecule is COC(=O)C1(c2nc(-c3ccc(C(=O)N=[N+]=[N-])cc3)c(-c3ccc(OC)cc3)o2)CCNCC1. The van der Waals surface area contributed by atoms with Crippen molar-refractivity contribution in [2.75, 3.05) is 27.3 Å². The predicted octanol–water partition coefficient (Wildman–Crippen LogP) is 4.26. The highest BCUT2D eigenvalue weighted by Gasteiger charge is 2.47. The Kier molecular flexibility index (Phi) is 6.62. The van der Waals surface area contributed by atoms with E-state index in [9.17, 15) is 9.59 Å². The summed E-state index contributed by atoms with van der Waals surface area (Å²) < 4.78 is 16.7. The van der Waals surface area contributed by atoms with Gasteiger partial charge in [0.1, 0.15) is 16.9 Å². The fraction of sp³-hybridized carbons (Fsp3) is 0.292. The number of rotatable bonds is 6. The number of azide groups is 1. The number of carbonyl (C=O) groups excluding carboxylic acids is 2. The lowest BCUT2D eigenvalue weighted by Crippen LogP contribution is -2.46. The zero-order chi connectivity index (χ0) is 24.1. The molecule has 2 heterocycles. The van der Waals surface area contributed by atoms with Crippen molar-refractivity contribution in [3.05, 3.63) is 70.4 Å².